The molecule has 0 saturated carbocycles. The summed E-state index contributed by atoms with van der Waals surface area (Å²) in [5.41, 5.74) is 2.08. The van der Waals surface area contributed by atoms with Crippen molar-refractivity contribution in [2.24, 2.45) is 0 Å². The third-order valence-electron chi connectivity index (χ3n) is 2.74. The molecule has 1 N–H and O–H groups in total. The van der Waals surface area contributed by atoms with Crippen LogP contribution in [0.5, 0.6) is 0 Å². The van der Waals surface area contributed by atoms with Crippen molar-refractivity contribution in [2.45, 2.75) is 26.8 Å². The molecule has 1 aromatic carbocycles. The molecule has 2 aromatic rings. The monoisotopic (exact) mass is 309 g/mol. The van der Waals surface area contributed by atoms with E-state index in [1.165, 1.54) is 0 Å². The Kier molecular flexibility index (Phi) is 4.14. The lowest BCUT2D eigenvalue weighted by Crippen LogP contribution is -2.17. The number of rotatable bonds is 4. The van der Waals surface area contributed by atoms with Gasteiger partial charge in [-0.05, 0) is 44.2 Å². The molecule has 4 nitrogen and oxygen atoms in total. The predicted octanol–water partition coefficient (Wildman–Crippen LogP) is 3.48. The van der Waals surface area contributed by atoms with Crippen molar-refractivity contribution in [3.8, 4) is 11.5 Å². The molecule has 1 aromatic heterocycles. The van der Waals surface area contributed by atoms with Crippen LogP contribution in [0.3, 0.4) is 0 Å². The van der Waals surface area contributed by atoms with Gasteiger partial charge in [-0.3, -0.25) is 0 Å². The van der Waals surface area contributed by atoms with Gasteiger partial charge >= 0.3 is 0 Å². The molecule has 0 fully saturated rings. The summed E-state index contributed by atoms with van der Waals surface area (Å²) in [6, 6.07) is 6.06. The minimum atomic E-state index is 0.0759. The molecule has 0 bridgehead atoms. The molecule has 96 valence electrons. The SMILES string of the molecule is CCNC(C)c1nnc(-c2ccc(Br)cc2C)o1. The van der Waals surface area contributed by atoms with Gasteiger partial charge in [0.05, 0.1) is 6.04 Å². The van der Waals surface area contributed by atoms with Crippen LogP contribution in [-0.4, -0.2) is 16.7 Å². The number of hydrogen-bond acceptors (Lipinski definition) is 4. The summed E-state index contributed by atoms with van der Waals surface area (Å²) in [5, 5.41) is 11.4. The number of aromatic nitrogens is 2. The van der Waals surface area contributed by atoms with Crippen LogP contribution < -0.4 is 5.32 Å². The minimum absolute atomic E-state index is 0.0759. The first-order valence-corrected chi connectivity index (χ1v) is 6.74. The zero-order chi connectivity index (χ0) is 13.1. The van der Waals surface area contributed by atoms with Crippen molar-refractivity contribution in [3.63, 3.8) is 0 Å². The number of aryl methyl sites for hydroxylation is 1. The van der Waals surface area contributed by atoms with Crippen LogP contribution >= 0.6 is 15.9 Å². The van der Waals surface area contributed by atoms with Crippen molar-refractivity contribution >= 4 is 15.9 Å². The van der Waals surface area contributed by atoms with E-state index in [0.717, 1.165) is 22.1 Å². The lowest BCUT2D eigenvalue weighted by Gasteiger charge is -2.06. The number of hydrogen-bond donors (Lipinski definition) is 1. The molecule has 0 aliphatic rings. The molecule has 5 heteroatoms. The molecule has 1 unspecified atom stereocenters. The quantitative estimate of drug-likeness (QED) is 0.939. The van der Waals surface area contributed by atoms with Gasteiger partial charge in [-0.15, -0.1) is 10.2 Å². The van der Waals surface area contributed by atoms with E-state index < -0.39 is 0 Å². The van der Waals surface area contributed by atoms with Crippen LogP contribution in [0.15, 0.2) is 27.1 Å². The summed E-state index contributed by atoms with van der Waals surface area (Å²) in [6.45, 7) is 6.95. The summed E-state index contributed by atoms with van der Waals surface area (Å²) in [5.74, 6) is 1.19. The Labute approximate surface area is 115 Å². The molecular formula is C13H16BrN3O. The van der Waals surface area contributed by atoms with Gasteiger partial charge in [-0.25, -0.2) is 0 Å². The zero-order valence-electron chi connectivity index (χ0n) is 10.7. The summed E-state index contributed by atoms with van der Waals surface area (Å²) >= 11 is 3.44. The fourth-order valence-corrected chi connectivity index (χ4v) is 2.25. The van der Waals surface area contributed by atoms with Gasteiger partial charge < -0.3 is 9.73 Å². The first-order valence-electron chi connectivity index (χ1n) is 5.95. The second kappa shape index (κ2) is 5.63. The summed E-state index contributed by atoms with van der Waals surface area (Å²) in [4.78, 5) is 0. The van der Waals surface area contributed by atoms with Gasteiger partial charge in [0.1, 0.15) is 0 Å². The van der Waals surface area contributed by atoms with Crippen LogP contribution in [-0.2, 0) is 0 Å². The average Bonchev–Trinajstić information content (AvgIpc) is 2.78. The maximum absolute atomic E-state index is 5.70. The molecule has 0 radical (unpaired) electrons. The number of nitrogens with zero attached hydrogens (tertiary/aromatic N) is 2. The van der Waals surface area contributed by atoms with Gasteiger partial charge in [0.2, 0.25) is 11.8 Å². The maximum atomic E-state index is 5.70. The van der Waals surface area contributed by atoms with Crippen molar-refractivity contribution in [1.29, 1.82) is 0 Å². The highest BCUT2D eigenvalue weighted by atomic mass is 79.9. The molecule has 2 rings (SSSR count). The third-order valence-corrected chi connectivity index (χ3v) is 3.23. The van der Waals surface area contributed by atoms with Crippen LogP contribution in [0.4, 0.5) is 0 Å². The number of nitrogens with one attached hydrogen (secondary N) is 1. The normalized spacial score (nSPS) is 12.7. The molecule has 0 spiro atoms. The topological polar surface area (TPSA) is 51.0 Å². The highest BCUT2D eigenvalue weighted by Gasteiger charge is 2.15. The van der Waals surface area contributed by atoms with Gasteiger partial charge in [0.15, 0.2) is 0 Å². The highest BCUT2D eigenvalue weighted by molar-refractivity contribution is 9.10. The smallest absolute Gasteiger partial charge is 0.248 e. The number of benzene rings is 1. The van der Waals surface area contributed by atoms with Crippen molar-refractivity contribution in [2.75, 3.05) is 6.54 Å². The molecule has 0 saturated heterocycles. The second-order valence-electron chi connectivity index (χ2n) is 4.18. The first kappa shape index (κ1) is 13.2. The van der Waals surface area contributed by atoms with E-state index in [9.17, 15) is 0 Å². The third kappa shape index (κ3) is 2.79. The number of halogens is 1. The Morgan fingerprint density at radius 1 is 1.39 bits per heavy atom. The maximum Gasteiger partial charge on any atom is 0.248 e. The van der Waals surface area contributed by atoms with E-state index in [1.807, 2.05) is 39.0 Å². The summed E-state index contributed by atoms with van der Waals surface area (Å²) in [7, 11) is 0. The van der Waals surface area contributed by atoms with E-state index in [4.69, 9.17) is 4.42 Å². The molecular weight excluding hydrogens is 294 g/mol. The van der Waals surface area contributed by atoms with E-state index >= 15 is 0 Å². The van der Waals surface area contributed by atoms with Crippen molar-refractivity contribution < 1.29 is 4.42 Å². The lowest BCUT2D eigenvalue weighted by molar-refractivity contribution is 0.429. The Morgan fingerprint density at radius 3 is 2.83 bits per heavy atom. The van der Waals surface area contributed by atoms with E-state index in [-0.39, 0.29) is 6.04 Å². The van der Waals surface area contributed by atoms with Crippen LogP contribution in [0.1, 0.15) is 31.3 Å². The van der Waals surface area contributed by atoms with Crippen LogP contribution in [0.25, 0.3) is 11.5 Å². The standard InChI is InChI=1S/C13H16BrN3O/c1-4-15-9(3)12-16-17-13(18-12)11-6-5-10(14)7-8(11)2/h5-7,9,15H,4H2,1-3H3. The van der Waals surface area contributed by atoms with Gasteiger partial charge in [0.25, 0.3) is 0 Å². The van der Waals surface area contributed by atoms with Gasteiger partial charge in [-0.1, -0.05) is 22.9 Å². The lowest BCUT2D eigenvalue weighted by atomic mass is 10.1. The average molecular weight is 310 g/mol. The molecule has 0 amide bonds. The Hall–Kier alpha value is -1.20. The highest BCUT2D eigenvalue weighted by Crippen LogP contribution is 2.26. The van der Waals surface area contributed by atoms with E-state index in [0.29, 0.717) is 11.8 Å². The Morgan fingerprint density at radius 2 is 2.17 bits per heavy atom. The fraction of sp³-hybridized carbons (Fsp3) is 0.385. The van der Waals surface area contributed by atoms with Gasteiger partial charge in [-0.2, -0.15) is 0 Å². The Bertz CT molecular complexity index is 539. The second-order valence-corrected chi connectivity index (χ2v) is 5.10. The van der Waals surface area contributed by atoms with Crippen LogP contribution in [0.2, 0.25) is 0 Å². The summed E-state index contributed by atoms with van der Waals surface area (Å²) in [6.07, 6.45) is 0. The van der Waals surface area contributed by atoms with Crippen molar-refractivity contribution in [1.82, 2.24) is 15.5 Å². The molecule has 1 heterocycles. The largest absolute Gasteiger partial charge is 0.419 e. The van der Waals surface area contributed by atoms with Crippen LogP contribution in [0, 0.1) is 6.92 Å². The predicted molar refractivity (Wildman–Crippen MR) is 74.3 cm³/mol. The van der Waals surface area contributed by atoms with Crippen molar-refractivity contribution in [3.05, 3.63) is 34.1 Å². The molecule has 0 aliphatic heterocycles. The fourth-order valence-electron chi connectivity index (χ4n) is 1.78. The Balaban J connectivity index is 2.29. The first-order chi connectivity index (χ1) is 8.61. The molecule has 0 aliphatic carbocycles. The zero-order valence-corrected chi connectivity index (χ0v) is 12.3. The van der Waals surface area contributed by atoms with E-state index in [1.54, 1.807) is 0 Å². The molecule has 18 heavy (non-hydrogen) atoms. The van der Waals surface area contributed by atoms with Gasteiger partial charge in [0, 0.05) is 10.0 Å². The summed E-state index contributed by atoms with van der Waals surface area (Å²) < 4.78 is 6.75. The van der Waals surface area contributed by atoms with E-state index in [2.05, 4.69) is 31.4 Å². The molecule has 1 atom stereocenters. The minimum Gasteiger partial charge on any atom is -0.419 e.